The van der Waals surface area contributed by atoms with Gasteiger partial charge in [-0.25, -0.2) is 15.0 Å². The van der Waals surface area contributed by atoms with Crippen molar-refractivity contribution in [3.8, 4) is 56.4 Å². The zero-order chi connectivity index (χ0) is 42.6. The van der Waals surface area contributed by atoms with E-state index in [0.29, 0.717) is 17.5 Å². The number of hydrogen-bond acceptors (Lipinski definition) is 4. The predicted octanol–water partition coefficient (Wildman–Crippen LogP) is 16.5. The second kappa shape index (κ2) is 13.9. The zero-order valence-corrected chi connectivity index (χ0v) is 35.0. The van der Waals surface area contributed by atoms with Crippen molar-refractivity contribution >= 4 is 86.6 Å². The summed E-state index contributed by atoms with van der Waals surface area (Å²) in [5.41, 5.74) is 8.83. The molecule has 0 saturated carbocycles. The van der Waals surface area contributed by atoms with Crippen LogP contribution in [0.2, 0.25) is 0 Å². The fourth-order valence-corrected chi connectivity index (χ4v) is 10.5. The minimum Gasteiger partial charge on any atom is -0.456 e. The second-order valence-electron chi connectivity index (χ2n) is 17.0. The molecule has 14 aromatic rings. The standard InChI is InChI=1S/C61H35N3O/c1-2-12-41(13-3-1)59-62-60(64-61(63-59)50-23-11-25-53-58(50)49-19-6-7-24-52(49)65-53)48-18-5-4-17-44(48)37-28-26-36(27-29-37)43-34-42-33-32-40-15-9-21-46-45-20-8-14-38-30-31-39-16-10-22-47(56(39)54(38)45)51(35-43)57(42)55(40)46/h1-35H. The largest absolute Gasteiger partial charge is 0.456 e. The van der Waals surface area contributed by atoms with Gasteiger partial charge in [0, 0.05) is 27.5 Å². The molecule has 0 spiro atoms. The Balaban J connectivity index is 0.943. The summed E-state index contributed by atoms with van der Waals surface area (Å²) in [5, 5.41) is 17.4. The van der Waals surface area contributed by atoms with Crippen LogP contribution in [0.3, 0.4) is 0 Å². The number of nitrogens with zero attached hydrogens (tertiary/aromatic N) is 3. The summed E-state index contributed by atoms with van der Waals surface area (Å²) in [6, 6.07) is 76.0. The molecule has 14 rings (SSSR count). The maximum absolute atomic E-state index is 6.29. The number of hydrogen-bond donors (Lipinski definition) is 0. The third-order valence-electron chi connectivity index (χ3n) is 13.4. The number of benzene rings is 11. The van der Waals surface area contributed by atoms with Gasteiger partial charge in [0.15, 0.2) is 17.5 Å². The lowest BCUT2D eigenvalue weighted by molar-refractivity contribution is 0.669. The average molecular weight is 826 g/mol. The Hall–Kier alpha value is -8.73. The molecule has 0 N–H and O–H groups in total. The molecule has 0 fully saturated rings. The minimum atomic E-state index is 0.596. The molecular weight excluding hydrogens is 791 g/mol. The number of rotatable bonds is 5. The summed E-state index contributed by atoms with van der Waals surface area (Å²) in [4.78, 5) is 15.5. The van der Waals surface area contributed by atoms with E-state index in [2.05, 4.69) is 152 Å². The lowest BCUT2D eigenvalue weighted by Gasteiger charge is -2.17. The molecule has 0 unspecified atom stereocenters. The van der Waals surface area contributed by atoms with Crippen LogP contribution in [0.25, 0.3) is 143 Å². The van der Waals surface area contributed by atoms with Crippen molar-refractivity contribution in [3.05, 3.63) is 212 Å². The van der Waals surface area contributed by atoms with Crippen LogP contribution in [0.1, 0.15) is 0 Å². The summed E-state index contributed by atoms with van der Waals surface area (Å²) < 4.78 is 6.29. The summed E-state index contributed by atoms with van der Waals surface area (Å²) in [7, 11) is 0. The molecule has 2 aromatic heterocycles. The van der Waals surface area contributed by atoms with E-state index in [-0.39, 0.29) is 0 Å². The fourth-order valence-electron chi connectivity index (χ4n) is 10.5. The number of para-hydroxylation sites is 1. The quantitative estimate of drug-likeness (QED) is 0.162. The van der Waals surface area contributed by atoms with Crippen LogP contribution in [0.15, 0.2) is 217 Å². The highest BCUT2D eigenvalue weighted by Crippen LogP contribution is 2.45. The smallest absolute Gasteiger partial charge is 0.164 e. The second-order valence-corrected chi connectivity index (χ2v) is 17.0. The van der Waals surface area contributed by atoms with Crippen LogP contribution in [-0.4, -0.2) is 15.0 Å². The minimum absolute atomic E-state index is 0.596. The van der Waals surface area contributed by atoms with E-state index in [4.69, 9.17) is 19.4 Å². The van der Waals surface area contributed by atoms with Crippen LogP contribution in [0, 0.1) is 0 Å². The Morgan fingerprint density at radius 3 is 1.45 bits per heavy atom. The predicted molar refractivity (Wildman–Crippen MR) is 271 cm³/mol. The molecule has 4 heteroatoms. The molecular formula is C61H35N3O. The van der Waals surface area contributed by atoms with E-state index in [9.17, 15) is 0 Å². The first kappa shape index (κ1) is 35.8. The first-order valence-corrected chi connectivity index (χ1v) is 22.1. The van der Waals surface area contributed by atoms with Crippen molar-refractivity contribution in [3.63, 3.8) is 0 Å². The number of furan rings is 1. The molecule has 2 heterocycles. The molecule has 4 nitrogen and oxygen atoms in total. The van der Waals surface area contributed by atoms with Gasteiger partial charge in [0.1, 0.15) is 11.2 Å². The van der Waals surface area contributed by atoms with Crippen LogP contribution < -0.4 is 0 Å². The number of fused-ring (bicyclic) bond motifs is 5. The number of aromatic nitrogens is 3. The van der Waals surface area contributed by atoms with Gasteiger partial charge in [-0.2, -0.15) is 0 Å². The van der Waals surface area contributed by atoms with E-state index in [1.165, 1.54) is 70.2 Å². The lowest BCUT2D eigenvalue weighted by Crippen LogP contribution is -2.01. The molecule has 300 valence electrons. The maximum Gasteiger partial charge on any atom is 0.164 e. The van der Waals surface area contributed by atoms with E-state index >= 15 is 0 Å². The molecule has 0 aliphatic carbocycles. The van der Waals surface area contributed by atoms with Gasteiger partial charge in [0.25, 0.3) is 0 Å². The Kier molecular flexibility index (Phi) is 7.65. The van der Waals surface area contributed by atoms with Gasteiger partial charge in [-0.3, -0.25) is 0 Å². The highest BCUT2D eigenvalue weighted by atomic mass is 16.3. The molecule has 0 atom stereocenters. The first-order valence-electron chi connectivity index (χ1n) is 22.1. The van der Waals surface area contributed by atoms with Crippen molar-refractivity contribution in [1.82, 2.24) is 15.0 Å². The molecule has 0 saturated heterocycles. The normalized spacial score (nSPS) is 12.0. The summed E-state index contributed by atoms with van der Waals surface area (Å²) in [6.07, 6.45) is 0. The maximum atomic E-state index is 6.29. The lowest BCUT2D eigenvalue weighted by atomic mass is 9.86. The molecule has 65 heavy (non-hydrogen) atoms. The van der Waals surface area contributed by atoms with Gasteiger partial charge in [0.2, 0.25) is 0 Å². The van der Waals surface area contributed by atoms with E-state index in [1.807, 2.05) is 60.7 Å². The Labute approximate surface area is 373 Å². The van der Waals surface area contributed by atoms with Gasteiger partial charge >= 0.3 is 0 Å². The highest BCUT2D eigenvalue weighted by Gasteiger charge is 2.20. The van der Waals surface area contributed by atoms with Crippen LogP contribution in [0.4, 0.5) is 0 Å². The van der Waals surface area contributed by atoms with Crippen molar-refractivity contribution in [2.24, 2.45) is 0 Å². The summed E-state index contributed by atoms with van der Waals surface area (Å²) in [5.74, 6) is 1.82. The van der Waals surface area contributed by atoms with Gasteiger partial charge in [-0.1, -0.05) is 188 Å². The van der Waals surface area contributed by atoms with E-state index < -0.39 is 0 Å². The van der Waals surface area contributed by atoms with E-state index in [0.717, 1.165) is 55.3 Å². The molecule has 0 aliphatic heterocycles. The highest BCUT2D eigenvalue weighted by molar-refractivity contribution is 6.37. The monoisotopic (exact) mass is 825 g/mol. The van der Waals surface area contributed by atoms with Crippen LogP contribution in [-0.2, 0) is 0 Å². The van der Waals surface area contributed by atoms with Crippen molar-refractivity contribution in [2.45, 2.75) is 0 Å². The van der Waals surface area contributed by atoms with Gasteiger partial charge in [-0.15, -0.1) is 0 Å². The average Bonchev–Trinajstić information content (AvgIpc) is 3.76. The van der Waals surface area contributed by atoms with Crippen LogP contribution in [0.5, 0.6) is 0 Å². The summed E-state index contributed by atoms with van der Waals surface area (Å²) >= 11 is 0. The topological polar surface area (TPSA) is 51.8 Å². The van der Waals surface area contributed by atoms with E-state index in [1.54, 1.807) is 0 Å². The van der Waals surface area contributed by atoms with Crippen molar-refractivity contribution in [2.75, 3.05) is 0 Å². The SMILES string of the molecule is c1ccc(-c2nc(-c3ccccc3-c3ccc(-c4cc5ccc6cccc7c8cccc9ccc%10cccc(c(c4)c5c67)c%10c98)cc3)nc(-c3cccc4oc5ccccc5c34)n2)cc1. The van der Waals surface area contributed by atoms with Crippen LogP contribution >= 0.6 is 0 Å². The third-order valence-corrected chi connectivity index (χ3v) is 13.4. The molecule has 0 amide bonds. The Morgan fingerprint density at radius 1 is 0.246 bits per heavy atom. The van der Waals surface area contributed by atoms with Crippen molar-refractivity contribution in [1.29, 1.82) is 0 Å². The van der Waals surface area contributed by atoms with Gasteiger partial charge < -0.3 is 4.42 Å². The third kappa shape index (κ3) is 5.47. The Bertz CT molecular complexity index is 4220. The molecule has 12 aromatic carbocycles. The van der Waals surface area contributed by atoms with Gasteiger partial charge in [-0.05, 0) is 111 Å². The molecule has 0 radical (unpaired) electrons. The van der Waals surface area contributed by atoms with Gasteiger partial charge in [0.05, 0.1) is 0 Å². The fraction of sp³-hybridized carbons (Fsp3) is 0. The Morgan fingerprint density at radius 2 is 0.738 bits per heavy atom. The zero-order valence-electron chi connectivity index (χ0n) is 35.0. The molecule has 0 bridgehead atoms. The van der Waals surface area contributed by atoms with Crippen molar-refractivity contribution < 1.29 is 4.42 Å². The summed E-state index contributed by atoms with van der Waals surface area (Å²) in [6.45, 7) is 0. The molecule has 0 aliphatic rings. The first-order chi connectivity index (χ1) is 32.2.